The first kappa shape index (κ1) is 16.2. The molecule has 2 fully saturated rings. The van der Waals surface area contributed by atoms with Gasteiger partial charge in [-0.25, -0.2) is 0 Å². The Balaban J connectivity index is 1.51. The molecule has 2 saturated heterocycles. The summed E-state index contributed by atoms with van der Waals surface area (Å²) in [6.07, 6.45) is 4.62. The smallest absolute Gasteiger partial charge is 0.241 e. The highest BCUT2D eigenvalue weighted by Crippen LogP contribution is 2.33. The highest BCUT2D eigenvalue weighted by atomic mass is 16.2. The predicted molar refractivity (Wildman–Crippen MR) is 98.3 cm³/mol. The lowest BCUT2D eigenvalue weighted by Gasteiger charge is -2.46. The zero-order chi connectivity index (χ0) is 17.3. The SMILES string of the molecule is CN1CC(=O)N(c2cccnc2)CC12CCN(Cc1ccccc1)C2. The Hall–Kier alpha value is -2.24. The number of benzene rings is 1. The van der Waals surface area contributed by atoms with E-state index in [9.17, 15) is 4.79 Å². The van der Waals surface area contributed by atoms with Gasteiger partial charge in [-0.3, -0.25) is 19.6 Å². The van der Waals surface area contributed by atoms with Crippen molar-refractivity contribution in [3.05, 3.63) is 60.4 Å². The lowest BCUT2D eigenvalue weighted by molar-refractivity contribution is -0.123. The molecule has 1 unspecified atom stereocenters. The Kier molecular flexibility index (Phi) is 4.27. The molecular weight excluding hydrogens is 312 g/mol. The maximum atomic E-state index is 12.6. The summed E-state index contributed by atoms with van der Waals surface area (Å²) in [6, 6.07) is 14.5. The lowest BCUT2D eigenvalue weighted by Crippen LogP contribution is -2.64. The number of hydrogen-bond donors (Lipinski definition) is 0. The molecule has 2 aliphatic heterocycles. The molecule has 0 N–H and O–H groups in total. The van der Waals surface area contributed by atoms with Crippen LogP contribution in [0.25, 0.3) is 0 Å². The molecule has 1 aromatic heterocycles. The summed E-state index contributed by atoms with van der Waals surface area (Å²) in [5.41, 5.74) is 2.28. The molecule has 0 radical (unpaired) electrons. The van der Waals surface area contributed by atoms with Crippen LogP contribution in [0.4, 0.5) is 5.69 Å². The van der Waals surface area contributed by atoms with Gasteiger partial charge in [-0.1, -0.05) is 30.3 Å². The zero-order valence-electron chi connectivity index (χ0n) is 14.6. The summed E-state index contributed by atoms with van der Waals surface area (Å²) in [6.45, 7) is 4.22. The number of amides is 1. The van der Waals surface area contributed by atoms with Crippen molar-refractivity contribution < 1.29 is 4.79 Å². The fraction of sp³-hybridized carbons (Fsp3) is 0.400. The van der Waals surface area contributed by atoms with E-state index in [0.717, 1.165) is 38.3 Å². The zero-order valence-corrected chi connectivity index (χ0v) is 14.6. The number of piperazine rings is 1. The summed E-state index contributed by atoms with van der Waals surface area (Å²) in [5, 5.41) is 0. The van der Waals surface area contributed by atoms with Gasteiger partial charge in [0, 0.05) is 32.4 Å². The van der Waals surface area contributed by atoms with Crippen molar-refractivity contribution in [2.45, 2.75) is 18.5 Å². The second-order valence-corrected chi connectivity index (χ2v) is 7.22. The third kappa shape index (κ3) is 3.17. The quantitative estimate of drug-likeness (QED) is 0.860. The number of aromatic nitrogens is 1. The van der Waals surface area contributed by atoms with Crippen LogP contribution in [0, 0.1) is 0 Å². The minimum absolute atomic E-state index is 0.0263. The third-order valence-corrected chi connectivity index (χ3v) is 5.55. The van der Waals surface area contributed by atoms with Crippen LogP contribution >= 0.6 is 0 Å². The van der Waals surface area contributed by atoms with Gasteiger partial charge in [-0.05, 0) is 31.2 Å². The van der Waals surface area contributed by atoms with Crippen LogP contribution in [-0.4, -0.2) is 59.5 Å². The van der Waals surface area contributed by atoms with Gasteiger partial charge in [-0.2, -0.15) is 0 Å². The van der Waals surface area contributed by atoms with E-state index in [1.807, 2.05) is 17.0 Å². The van der Waals surface area contributed by atoms with Gasteiger partial charge < -0.3 is 4.90 Å². The molecule has 1 atom stereocenters. The van der Waals surface area contributed by atoms with Crippen molar-refractivity contribution >= 4 is 11.6 Å². The van der Waals surface area contributed by atoms with Crippen LogP contribution in [0.15, 0.2) is 54.9 Å². The van der Waals surface area contributed by atoms with Crippen LogP contribution in [0.2, 0.25) is 0 Å². The molecule has 4 rings (SSSR count). The van der Waals surface area contributed by atoms with Gasteiger partial charge in [0.2, 0.25) is 5.91 Å². The van der Waals surface area contributed by atoms with Crippen LogP contribution in [0.5, 0.6) is 0 Å². The molecule has 1 spiro atoms. The van der Waals surface area contributed by atoms with Gasteiger partial charge in [0.25, 0.3) is 0 Å². The lowest BCUT2D eigenvalue weighted by atomic mass is 9.92. The molecule has 1 aromatic carbocycles. The number of likely N-dealkylation sites (N-methyl/N-ethyl adjacent to an activating group) is 1. The number of carbonyl (C=O) groups is 1. The normalized spacial score (nSPS) is 25.0. The monoisotopic (exact) mass is 336 g/mol. The minimum atomic E-state index is 0.0263. The number of hydrogen-bond acceptors (Lipinski definition) is 4. The summed E-state index contributed by atoms with van der Waals surface area (Å²) in [7, 11) is 2.09. The van der Waals surface area contributed by atoms with Gasteiger partial charge in [0.05, 0.1) is 24.0 Å². The number of pyridine rings is 1. The van der Waals surface area contributed by atoms with E-state index in [-0.39, 0.29) is 11.4 Å². The van der Waals surface area contributed by atoms with Crippen molar-refractivity contribution in [2.24, 2.45) is 0 Å². The number of nitrogens with zero attached hydrogens (tertiary/aromatic N) is 4. The van der Waals surface area contributed by atoms with Gasteiger partial charge in [-0.15, -0.1) is 0 Å². The summed E-state index contributed by atoms with van der Waals surface area (Å²) in [5.74, 6) is 0.155. The van der Waals surface area contributed by atoms with E-state index in [0.29, 0.717) is 6.54 Å². The Morgan fingerprint density at radius 2 is 1.96 bits per heavy atom. The van der Waals surface area contributed by atoms with Crippen molar-refractivity contribution in [1.82, 2.24) is 14.8 Å². The first-order valence-corrected chi connectivity index (χ1v) is 8.84. The summed E-state index contributed by atoms with van der Waals surface area (Å²) < 4.78 is 0. The maximum Gasteiger partial charge on any atom is 0.241 e. The maximum absolute atomic E-state index is 12.6. The number of rotatable bonds is 3. The summed E-state index contributed by atoms with van der Waals surface area (Å²) in [4.78, 5) is 23.4. The van der Waals surface area contributed by atoms with E-state index in [1.54, 1.807) is 12.4 Å². The van der Waals surface area contributed by atoms with E-state index in [1.165, 1.54) is 5.56 Å². The second kappa shape index (κ2) is 6.58. The molecular formula is C20H24N4O. The average Bonchev–Trinajstić information content (AvgIpc) is 3.04. The Bertz CT molecular complexity index is 736. The highest BCUT2D eigenvalue weighted by Gasteiger charge is 2.47. The predicted octanol–water partition coefficient (Wildman–Crippen LogP) is 2.00. The molecule has 0 aliphatic carbocycles. The standard InChI is InChI=1S/C20H24N4O/c1-22-14-19(25)24(18-8-5-10-21-12-18)16-20(22)9-11-23(15-20)13-17-6-3-2-4-7-17/h2-8,10,12H,9,11,13-16H2,1H3. The van der Waals surface area contributed by atoms with Gasteiger partial charge >= 0.3 is 0 Å². The van der Waals surface area contributed by atoms with Crippen molar-refractivity contribution in [3.63, 3.8) is 0 Å². The van der Waals surface area contributed by atoms with E-state index >= 15 is 0 Å². The van der Waals surface area contributed by atoms with Crippen molar-refractivity contribution in [1.29, 1.82) is 0 Å². The molecule has 25 heavy (non-hydrogen) atoms. The minimum Gasteiger partial charge on any atom is -0.308 e. The average molecular weight is 336 g/mol. The topological polar surface area (TPSA) is 39.7 Å². The molecule has 5 heteroatoms. The second-order valence-electron chi connectivity index (χ2n) is 7.22. The first-order chi connectivity index (χ1) is 12.2. The van der Waals surface area contributed by atoms with Crippen LogP contribution in [0.1, 0.15) is 12.0 Å². The largest absolute Gasteiger partial charge is 0.308 e. The molecule has 5 nitrogen and oxygen atoms in total. The molecule has 0 saturated carbocycles. The van der Waals surface area contributed by atoms with Gasteiger partial charge in [0.1, 0.15) is 0 Å². The molecule has 2 aliphatic rings. The highest BCUT2D eigenvalue weighted by molar-refractivity contribution is 5.95. The van der Waals surface area contributed by atoms with Crippen molar-refractivity contribution in [2.75, 3.05) is 38.1 Å². The Labute approximate surface area is 148 Å². The number of anilines is 1. The molecule has 3 heterocycles. The fourth-order valence-corrected chi connectivity index (χ4v) is 4.07. The molecule has 2 aromatic rings. The van der Waals surface area contributed by atoms with E-state index in [4.69, 9.17) is 0 Å². The molecule has 130 valence electrons. The molecule has 0 bridgehead atoms. The first-order valence-electron chi connectivity index (χ1n) is 8.84. The Morgan fingerprint density at radius 3 is 2.72 bits per heavy atom. The van der Waals surface area contributed by atoms with Crippen molar-refractivity contribution in [3.8, 4) is 0 Å². The van der Waals surface area contributed by atoms with E-state index in [2.05, 4.69) is 52.2 Å². The van der Waals surface area contributed by atoms with Crippen LogP contribution in [0.3, 0.4) is 0 Å². The Morgan fingerprint density at radius 1 is 1.12 bits per heavy atom. The third-order valence-electron chi connectivity index (χ3n) is 5.55. The fourth-order valence-electron chi connectivity index (χ4n) is 4.07. The van der Waals surface area contributed by atoms with Crippen LogP contribution in [-0.2, 0) is 11.3 Å². The van der Waals surface area contributed by atoms with Gasteiger partial charge in [0.15, 0.2) is 0 Å². The molecule has 1 amide bonds. The number of likely N-dealkylation sites (tertiary alicyclic amines) is 1. The van der Waals surface area contributed by atoms with Crippen LogP contribution < -0.4 is 4.90 Å². The number of carbonyl (C=O) groups excluding carboxylic acids is 1. The summed E-state index contributed by atoms with van der Waals surface area (Å²) >= 11 is 0. The van der Waals surface area contributed by atoms with E-state index < -0.39 is 0 Å².